The van der Waals surface area contributed by atoms with Gasteiger partial charge in [0.15, 0.2) is 5.96 Å². The molecule has 0 aliphatic heterocycles. The highest BCUT2D eigenvalue weighted by atomic mass is 16.4. The quantitative estimate of drug-likeness (QED) is 0.0613. The maximum Gasteiger partial charge on any atom is 0.326 e. The summed E-state index contributed by atoms with van der Waals surface area (Å²) >= 11 is 0. The zero-order valence-electron chi connectivity index (χ0n) is 24.3. The number of fused-ring (bicyclic) bond motifs is 1. The van der Waals surface area contributed by atoms with Crippen molar-refractivity contribution in [3.05, 3.63) is 36.0 Å². The molecule has 3 amide bonds. The maximum atomic E-state index is 13.4. The summed E-state index contributed by atoms with van der Waals surface area (Å²) in [6.07, 6.45) is 3.89. The third-order valence-electron chi connectivity index (χ3n) is 6.84. The second-order valence-corrected chi connectivity index (χ2v) is 10.6. The van der Waals surface area contributed by atoms with E-state index in [2.05, 4.69) is 25.9 Å². The minimum atomic E-state index is -1.18. The van der Waals surface area contributed by atoms with Crippen LogP contribution in [0.2, 0.25) is 0 Å². The van der Waals surface area contributed by atoms with Crippen LogP contribution in [0, 0.1) is 5.92 Å². The molecular formula is C28H45N9O5. The molecule has 0 saturated heterocycles. The number of benzene rings is 1. The van der Waals surface area contributed by atoms with Crippen molar-refractivity contribution in [3.63, 3.8) is 0 Å². The Balaban J connectivity index is 2.18. The van der Waals surface area contributed by atoms with E-state index in [0.717, 1.165) is 16.5 Å². The highest BCUT2D eigenvalue weighted by Gasteiger charge is 2.31. The van der Waals surface area contributed by atoms with E-state index in [9.17, 15) is 24.3 Å². The lowest BCUT2D eigenvalue weighted by Crippen LogP contribution is -2.57. The van der Waals surface area contributed by atoms with Gasteiger partial charge in [-0.1, -0.05) is 32.0 Å². The van der Waals surface area contributed by atoms with Crippen LogP contribution >= 0.6 is 0 Å². The van der Waals surface area contributed by atoms with E-state index in [1.807, 2.05) is 24.3 Å². The molecule has 2 rings (SSSR count). The Morgan fingerprint density at radius 2 is 1.55 bits per heavy atom. The fourth-order valence-corrected chi connectivity index (χ4v) is 4.48. The number of carbonyl (C=O) groups is 4. The lowest BCUT2D eigenvalue weighted by atomic mass is 10.0. The van der Waals surface area contributed by atoms with Crippen molar-refractivity contribution in [2.24, 2.45) is 33.8 Å². The summed E-state index contributed by atoms with van der Waals surface area (Å²) in [6, 6.07) is 3.45. The fraction of sp³-hybridized carbons (Fsp3) is 0.536. The number of rotatable bonds is 18. The number of nitrogens with zero attached hydrogens (tertiary/aromatic N) is 1. The Morgan fingerprint density at radius 3 is 2.17 bits per heavy atom. The molecular weight excluding hydrogens is 542 g/mol. The van der Waals surface area contributed by atoms with Crippen molar-refractivity contribution in [1.82, 2.24) is 20.9 Å². The van der Waals surface area contributed by atoms with Gasteiger partial charge in [-0.05, 0) is 62.6 Å². The Labute approximate surface area is 245 Å². The third kappa shape index (κ3) is 10.7. The number of carboxylic acid groups (broad SMARTS) is 1. The van der Waals surface area contributed by atoms with E-state index in [1.54, 1.807) is 20.0 Å². The molecule has 0 bridgehead atoms. The van der Waals surface area contributed by atoms with Gasteiger partial charge in [-0.25, -0.2) is 4.79 Å². The lowest BCUT2D eigenvalue weighted by Gasteiger charge is -2.26. The fourth-order valence-electron chi connectivity index (χ4n) is 4.48. The average molecular weight is 588 g/mol. The average Bonchev–Trinajstić information content (AvgIpc) is 3.34. The lowest BCUT2D eigenvalue weighted by molar-refractivity contribution is -0.143. The van der Waals surface area contributed by atoms with Gasteiger partial charge in [-0.2, -0.15) is 0 Å². The number of aliphatic carboxylic acids is 1. The number of hydrogen-bond donors (Lipinski definition) is 9. The van der Waals surface area contributed by atoms with Gasteiger partial charge in [0.1, 0.15) is 18.1 Å². The van der Waals surface area contributed by atoms with Crippen LogP contribution in [-0.4, -0.2) is 77.0 Å². The van der Waals surface area contributed by atoms with Crippen LogP contribution in [-0.2, 0) is 25.6 Å². The number of H-pyrrole nitrogens is 1. The van der Waals surface area contributed by atoms with Crippen LogP contribution in [0.4, 0.5) is 0 Å². The molecule has 2 aromatic rings. The summed E-state index contributed by atoms with van der Waals surface area (Å²) in [5.74, 6) is -3.46. The van der Waals surface area contributed by atoms with Crippen molar-refractivity contribution in [2.45, 2.75) is 76.5 Å². The van der Waals surface area contributed by atoms with Gasteiger partial charge in [0.2, 0.25) is 17.7 Å². The molecule has 0 aliphatic rings. The van der Waals surface area contributed by atoms with E-state index < -0.39 is 47.9 Å². The number of amides is 3. The van der Waals surface area contributed by atoms with Crippen molar-refractivity contribution >= 4 is 40.6 Å². The smallest absolute Gasteiger partial charge is 0.326 e. The minimum Gasteiger partial charge on any atom is -0.480 e. The van der Waals surface area contributed by atoms with Gasteiger partial charge in [0.25, 0.3) is 0 Å². The van der Waals surface area contributed by atoms with Crippen LogP contribution in [0.1, 0.15) is 51.5 Å². The number of aromatic nitrogens is 1. The van der Waals surface area contributed by atoms with E-state index in [0.29, 0.717) is 25.8 Å². The van der Waals surface area contributed by atoms with Crippen molar-refractivity contribution in [1.29, 1.82) is 0 Å². The summed E-state index contributed by atoms with van der Waals surface area (Å²) in [5, 5.41) is 18.4. The van der Waals surface area contributed by atoms with Crippen molar-refractivity contribution < 1.29 is 24.3 Å². The topological polar surface area (TPSA) is 257 Å². The predicted molar refractivity (Wildman–Crippen MR) is 161 cm³/mol. The van der Waals surface area contributed by atoms with Crippen molar-refractivity contribution in [2.75, 3.05) is 13.1 Å². The summed E-state index contributed by atoms with van der Waals surface area (Å²) in [7, 11) is 0. The molecule has 4 atom stereocenters. The standard InChI is InChI=1S/C28H45N9O5/c1-16(2)23(27(41)42)37-26(40)21(10-5-6-12-29)36-25(39)22(11-7-13-33-28(31)32)35-24(38)19(30)14-17-15-34-20-9-4-3-8-18(17)20/h3-4,8-9,15-16,19,21-23,34H,5-7,10-14,29-30H2,1-2H3,(H,35,38)(H,36,39)(H,37,40)(H,41,42)(H4,31,32,33). The summed E-state index contributed by atoms with van der Waals surface area (Å²) in [4.78, 5) is 58.4. The number of carboxylic acids is 1. The first-order chi connectivity index (χ1) is 19.9. The van der Waals surface area contributed by atoms with Gasteiger partial charge in [-0.15, -0.1) is 0 Å². The molecule has 0 fully saturated rings. The van der Waals surface area contributed by atoms with Crippen molar-refractivity contribution in [3.8, 4) is 0 Å². The molecule has 0 radical (unpaired) electrons. The molecule has 1 aromatic heterocycles. The van der Waals surface area contributed by atoms with Gasteiger partial charge in [-0.3, -0.25) is 19.4 Å². The largest absolute Gasteiger partial charge is 0.480 e. The summed E-state index contributed by atoms with van der Waals surface area (Å²) in [5.41, 5.74) is 24.4. The number of unbranched alkanes of at least 4 members (excludes halogenated alkanes) is 1. The highest BCUT2D eigenvalue weighted by Crippen LogP contribution is 2.19. The minimum absolute atomic E-state index is 0.101. The first-order valence-corrected chi connectivity index (χ1v) is 14.1. The zero-order valence-corrected chi connectivity index (χ0v) is 24.3. The zero-order chi connectivity index (χ0) is 31.2. The van der Waals surface area contributed by atoms with Gasteiger partial charge in [0, 0.05) is 23.6 Å². The molecule has 1 heterocycles. The molecule has 14 nitrogen and oxygen atoms in total. The number of aliphatic imine (C=N–C) groups is 1. The van der Waals surface area contributed by atoms with E-state index in [-0.39, 0.29) is 37.7 Å². The Bertz CT molecular complexity index is 1230. The number of aromatic amines is 1. The maximum absolute atomic E-state index is 13.4. The van der Waals surface area contributed by atoms with E-state index in [4.69, 9.17) is 22.9 Å². The second-order valence-electron chi connectivity index (χ2n) is 10.6. The normalized spacial score (nSPS) is 14.0. The number of hydrogen-bond acceptors (Lipinski definition) is 7. The molecule has 232 valence electrons. The van der Waals surface area contributed by atoms with Gasteiger partial charge < -0.3 is 49.0 Å². The molecule has 13 N–H and O–H groups in total. The highest BCUT2D eigenvalue weighted by molar-refractivity contribution is 5.94. The summed E-state index contributed by atoms with van der Waals surface area (Å²) in [6.45, 7) is 3.95. The Morgan fingerprint density at radius 1 is 0.929 bits per heavy atom. The van der Waals surface area contributed by atoms with Gasteiger partial charge in [0.05, 0.1) is 6.04 Å². The van der Waals surface area contributed by atoms with Crippen LogP contribution in [0.5, 0.6) is 0 Å². The monoisotopic (exact) mass is 587 g/mol. The SMILES string of the molecule is CC(C)C(NC(=O)C(CCCCN)NC(=O)C(CCCN=C(N)N)NC(=O)C(N)Cc1c[nH]c2ccccc12)C(=O)O. The van der Waals surface area contributed by atoms with Crippen LogP contribution in [0.3, 0.4) is 0 Å². The first-order valence-electron chi connectivity index (χ1n) is 14.1. The molecule has 0 spiro atoms. The van der Waals surface area contributed by atoms with Crippen LogP contribution in [0.15, 0.2) is 35.5 Å². The molecule has 4 unspecified atom stereocenters. The number of nitrogens with one attached hydrogen (secondary N) is 4. The van der Waals surface area contributed by atoms with Crippen LogP contribution in [0.25, 0.3) is 10.9 Å². The Hall–Kier alpha value is -4.17. The number of carbonyl (C=O) groups excluding carboxylic acids is 3. The Kier molecular flexibility index (Phi) is 13.7. The molecule has 0 saturated carbocycles. The summed E-state index contributed by atoms with van der Waals surface area (Å²) < 4.78 is 0. The molecule has 42 heavy (non-hydrogen) atoms. The third-order valence-corrected chi connectivity index (χ3v) is 6.84. The number of para-hydroxylation sites is 1. The van der Waals surface area contributed by atoms with E-state index >= 15 is 0 Å². The molecule has 14 heteroatoms. The van der Waals surface area contributed by atoms with E-state index in [1.165, 1.54) is 0 Å². The number of nitrogens with two attached hydrogens (primary N) is 4. The van der Waals surface area contributed by atoms with Crippen LogP contribution < -0.4 is 38.9 Å². The molecule has 1 aromatic carbocycles. The first kappa shape index (κ1) is 34.0. The van der Waals surface area contributed by atoms with Gasteiger partial charge >= 0.3 is 5.97 Å². The molecule has 0 aliphatic carbocycles. The second kappa shape index (κ2) is 16.9. The predicted octanol–water partition coefficient (Wildman–Crippen LogP) is -0.585. The number of guanidine groups is 1.